The van der Waals surface area contributed by atoms with Crippen LogP contribution in [-0.4, -0.2) is 19.0 Å². The highest BCUT2D eigenvalue weighted by atomic mass is 16.7. The lowest BCUT2D eigenvalue weighted by molar-refractivity contribution is -0.191. The molecule has 106 valence electrons. The molecule has 0 saturated heterocycles. The summed E-state index contributed by atoms with van der Waals surface area (Å²) in [4.78, 5) is 0. The van der Waals surface area contributed by atoms with Gasteiger partial charge in [0, 0.05) is 13.0 Å². The van der Waals surface area contributed by atoms with Crippen molar-refractivity contribution in [3.05, 3.63) is 12.7 Å². The minimum absolute atomic E-state index is 0.107. The number of rotatable bonds is 7. The van der Waals surface area contributed by atoms with E-state index in [-0.39, 0.29) is 6.29 Å². The first-order valence-corrected chi connectivity index (χ1v) is 7.46. The van der Waals surface area contributed by atoms with E-state index in [4.69, 9.17) is 9.47 Å². The summed E-state index contributed by atoms with van der Waals surface area (Å²) in [5, 5.41) is 0. The van der Waals surface area contributed by atoms with Crippen molar-refractivity contribution >= 4 is 0 Å². The van der Waals surface area contributed by atoms with Gasteiger partial charge in [0.25, 0.3) is 0 Å². The summed E-state index contributed by atoms with van der Waals surface area (Å²) < 4.78 is 11.9. The Morgan fingerprint density at radius 2 is 2.06 bits per heavy atom. The van der Waals surface area contributed by atoms with Crippen LogP contribution in [0.25, 0.3) is 0 Å². The lowest BCUT2D eigenvalue weighted by Gasteiger charge is -2.38. The highest BCUT2D eigenvalue weighted by Gasteiger charge is 2.32. The van der Waals surface area contributed by atoms with Crippen molar-refractivity contribution in [2.75, 3.05) is 6.61 Å². The molecule has 0 radical (unpaired) electrons. The lowest BCUT2D eigenvalue weighted by Crippen LogP contribution is -2.37. The van der Waals surface area contributed by atoms with Crippen molar-refractivity contribution < 1.29 is 9.47 Å². The van der Waals surface area contributed by atoms with Crippen LogP contribution in [0.5, 0.6) is 0 Å². The Labute approximate surface area is 113 Å². The topological polar surface area (TPSA) is 18.5 Å². The van der Waals surface area contributed by atoms with Crippen molar-refractivity contribution in [2.45, 2.75) is 65.8 Å². The van der Waals surface area contributed by atoms with E-state index in [1.807, 2.05) is 13.0 Å². The van der Waals surface area contributed by atoms with Crippen LogP contribution in [0.1, 0.15) is 53.4 Å². The Kier molecular flexibility index (Phi) is 6.95. The van der Waals surface area contributed by atoms with Gasteiger partial charge >= 0.3 is 0 Å². The molecule has 0 aromatic carbocycles. The van der Waals surface area contributed by atoms with E-state index in [0.29, 0.717) is 24.5 Å². The average molecular weight is 254 g/mol. The third-order valence-corrected chi connectivity index (χ3v) is 4.00. The van der Waals surface area contributed by atoms with E-state index < -0.39 is 0 Å². The molecule has 0 aromatic heterocycles. The molecule has 4 unspecified atom stereocenters. The quantitative estimate of drug-likeness (QED) is 0.495. The summed E-state index contributed by atoms with van der Waals surface area (Å²) in [6, 6.07) is 0. The van der Waals surface area contributed by atoms with E-state index >= 15 is 0 Å². The van der Waals surface area contributed by atoms with Crippen molar-refractivity contribution in [3.8, 4) is 0 Å². The molecule has 0 aliphatic heterocycles. The molecular formula is C16H30O2. The van der Waals surface area contributed by atoms with Gasteiger partial charge in [0.05, 0.1) is 6.10 Å². The number of hydrogen-bond donors (Lipinski definition) is 0. The van der Waals surface area contributed by atoms with Crippen molar-refractivity contribution in [1.29, 1.82) is 0 Å². The zero-order chi connectivity index (χ0) is 13.5. The zero-order valence-corrected chi connectivity index (χ0v) is 12.5. The van der Waals surface area contributed by atoms with Crippen LogP contribution in [0, 0.1) is 17.8 Å². The first-order chi connectivity index (χ1) is 8.58. The van der Waals surface area contributed by atoms with E-state index in [0.717, 1.165) is 12.3 Å². The van der Waals surface area contributed by atoms with Gasteiger partial charge in [-0.15, -0.1) is 6.58 Å². The molecular weight excluding hydrogens is 224 g/mol. The SMILES string of the molecule is C=CCC(OCC)OC1CC(C)CCC1C(C)C. The Morgan fingerprint density at radius 3 is 2.61 bits per heavy atom. The van der Waals surface area contributed by atoms with Gasteiger partial charge in [-0.1, -0.05) is 33.3 Å². The molecule has 18 heavy (non-hydrogen) atoms. The predicted octanol–water partition coefficient (Wildman–Crippen LogP) is 4.40. The molecule has 0 heterocycles. The molecule has 0 amide bonds. The summed E-state index contributed by atoms with van der Waals surface area (Å²) in [7, 11) is 0. The monoisotopic (exact) mass is 254 g/mol. The average Bonchev–Trinajstić information content (AvgIpc) is 2.29. The Morgan fingerprint density at radius 1 is 1.33 bits per heavy atom. The third kappa shape index (κ3) is 4.74. The predicted molar refractivity (Wildman–Crippen MR) is 76.4 cm³/mol. The smallest absolute Gasteiger partial charge is 0.161 e. The van der Waals surface area contributed by atoms with Crippen LogP contribution in [0.4, 0.5) is 0 Å². The van der Waals surface area contributed by atoms with Gasteiger partial charge < -0.3 is 9.47 Å². The van der Waals surface area contributed by atoms with Gasteiger partial charge in [-0.2, -0.15) is 0 Å². The zero-order valence-electron chi connectivity index (χ0n) is 12.5. The Balaban J connectivity index is 2.59. The van der Waals surface area contributed by atoms with E-state index in [1.54, 1.807) is 0 Å². The van der Waals surface area contributed by atoms with E-state index in [2.05, 4.69) is 27.4 Å². The summed E-state index contributed by atoms with van der Waals surface area (Å²) >= 11 is 0. The molecule has 0 bridgehead atoms. The standard InChI is InChI=1S/C16H30O2/c1-6-8-16(17-7-2)18-15-11-13(5)9-10-14(15)12(3)4/h6,12-16H,1,7-11H2,2-5H3. The van der Waals surface area contributed by atoms with Gasteiger partial charge in [-0.3, -0.25) is 0 Å². The fraction of sp³-hybridized carbons (Fsp3) is 0.875. The van der Waals surface area contributed by atoms with Gasteiger partial charge in [-0.25, -0.2) is 0 Å². The molecule has 1 aliphatic carbocycles. The van der Waals surface area contributed by atoms with Crippen LogP contribution in [0.15, 0.2) is 12.7 Å². The third-order valence-electron chi connectivity index (χ3n) is 4.00. The maximum Gasteiger partial charge on any atom is 0.161 e. The Bertz CT molecular complexity index is 237. The largest absolute Gasteiger partial charge is 0.353 e. The van der Waals surface area contributed by atoms with Crippen molar-refractivity contribution in [1.82, 2.24) is 0 Å². The maximum absolute atomic E-state index is 6.22. The highest BCUT2D eigenvalue weighted by Crippen LogP contribution is 2.36. The minimum atomic E-state index is -0.107. The van der Waals surface area contributed by atoms with Gasteiger partial charge in [0.2, 0.25) is 0 Å². The first kappa shape index (κ1) is 15.7. The van der Waals surface area contributed by atoms with Gasteiger partial charge in [0.1, 0.15) is 0 Å². The van der Waals surface area contributed by atoms with Crippen molar-refractivity contribution in [3.63, 3.8) is 0 Å². The maximum atomic E-state index is 6.22. The molecule has 1 rings (SSSR count). The summed E-state index contributed by atoms with van der Waals surface area (Å²) in [5.74, 6) is 2.14. The fourth-order valence-corrected chi connectivity index (χ4v) is 2.95. The fourth-order valence-electron chi connectivity index (χ4n) is 2.95. The van der Waals surface area contributed by atoms with E-state index in [9.17, 15) is 0 Å². The molecule has 1 aliphatic rings. The molecule has 0 spiro atoms. The molecule has 2 nitrogen and oxygen atoms in total. The summed E-state index contributed by atoms with van der Waals surface area (Å²) in [5.41, 5.74) is 0. The van der Waals surface area contributed by atoms with Crippen LogP contribution >= 0.6 is 0 Å². The van der Waals surface area contributed by atoms with Gasteiger partial charge in [-0.05, 0) is 37.5 Å². The Hall–Kier alpha value is -0.340. The number of ether oxygens (including phenoxy) is 2. The van der Waals surface area contributed by atoms with Crippen LogP contribution in [0.3, 0.4) is 0 Å². The highest BCUT2D eigenvalue weighted by molar-refractivity contribution is 4.82. The van der Waals surface area contributed by atoms with Crippen LogP contribution in [-0.2, 0) is 9.47 Å². The van der Waals surface area contributed by atoms with Crippen molar-refractivity contribution in [2.24, 2.45) is 17.8 Å². The van der Waals surface area contributed by atoms with Gasteiger partial charge in [0.15, 0.2) is 6.29 Å². The first-order valence-electron chi connectivity index (χ1n) is 7.46. The molecule has 0 aromatic rings. The number of hydrogen-bond acceptors (Lipinski definition) is 2. The second-order valence-corrected chi connectivity index (χ2v) is 5.91. The molecule has 1 saturated carbocycles. The normalized spacial score (nSPS) is 30.4. The summed E-state index contributed by atoms with van der Waals surface area (Å²) in [6.45, 7) is 13.4. The lowest BCUT2D eigenvalue weighted by atomic mass is 9.75. The summed E-state index contributed by atoms with van der Waals surface area (Å²) in [6.07, 6.45) is 6.71. The van der Waals surface area contributed by atoms with Crippen LogP contribution < -0.4 is 0 Å². The minimum Gasteiger partial charge on any atom is -0.353 e. The second-order valence-electron chi connectivity index (χ2n) is 5.91. The molecule has 4 atom stereocenters. The van der Waals surface area contributed by atoms with Crippen LogP contribution in [0.2, 0.25) is 0 Å². The molecule has 2 heteroatoms. The molecule has 0 N–H and O–H groups in total. The molecule has 1 fully saturated rings. The second kappa shape index (κ2) is 7.96. The van der Waals surface area contributed by atoms with E-state index in [1.165, 1.54) is 19.3 Å².